The largest absolute Gasteiger partial charge is 0.350 e. The van der Waals surface area contributed by atoms with Crippen molar-refractivity contribution in [3.05, 3.63) is 24.0 Å². The van der Waals surface area contributed by atoms with Gasteiger partial charge in [0.2, 0.25) is 0 Å². The summed E-state index contributed by atoms with van der Waals surface area (Å²) in [5, 5.41) is 3.51. The summed E-state index contributed by atoms with van der Waals surface area (Å²) in [5.41, 5.74) is 1.45. The SMILES string of the molecule is CCn1cccc1[C@H]1CCCN1. The number of hydrogen-bond acceptors (Lipinski definition) is 1. The van der Waals surface area contributed by atoms with Crippen LogP contribution in [-0.4, -0.2) is 11.1 Å². The highest BCUT2D eigenvalue weighted by Crippen LogP contribution is 2.23. The van der Waals surface area contributed by atoms with E-state index in [1.54, 1.807) is 0 Å². The Bertz CT molecular complexity index is 246. The Morgan fingerprint density at radius 1 is 1.67 bits per heavy atom. The molecule has 0 amide bonds. The topological polar surface area (TPSA) is 17.0 Å². The average Bonchev–Trinajstić information content (AvgIpc) is 2.74. The quantitative estimate of drug-likeness (QED) is 0.706. The maximum absolute atomic E-state index is 3.51. The van der Waals surface area contributed by atoms with E-state index in [0.717, 1.165) is 6.54 Å². The van der Waals surface area contributed by atoms with Crippen LogP contribution >= 0.6 is 0 Å². The fraction of sp³-hybridized carbons (Fsp3) is 0.600. The molecule has 0 spiro atoms. The van der Waals surface area contributed by atoms with Crippen LogP contribution in [0.3, 0.4) is 0 Å². The molecule has 12 heavy (non-hydrogen) atoms. The summed E-state index contributed by atoms with van der Waals surface area (Å²) in [6.07, 6.45) is 4.78. The lowest BCUT2D eigenvalue weighted by atomic mass is 10.1. The second kappa shape index (κ2) is 3.31. The molecule has 2 heterocycles. The van der Waals surface area contributed by atoms with E-state index >= 15 is 0 Å². The monoisotopic (exact) mass is 164 g/mol. The molecule has 1 atom stereocenters. The lowest BCUT2D eigenvalue weighted by Gasteiger charge is -2.12. The molecule has 0 saturated carbocycles. The van der Waals surface area contributed by atoms with E-state index in [1.807, 2.05) is 0 Å². The molecule has 1 aromatic heterocycles. The van der Waals surface area contributed by atoms with Crippen molar-refractivity contribution in [2.75, 3.05) is 6.54 Å². The summed E-state index contributed by atoms with van der Waals surface area (Å²) in [7, 11) is 0. The van der Waals surface area contributed by atoms with Gasteiger partial charge in [-0.3, -0.25) is 0 Å². The van der Waals surface area contributed by atoms with Crippen molar-refractivity contribution < 1.29 is 0 Å². The summed E-state index contributed by atoms with van der Waals surface area (Å²) in [4.78, 5) is 0. The predicted octanol–water partition coefficient (Wildman–Crippen LogP) is 1.93. The van der Waals surface area contributed by atoms with E-state index < -0.39 is 0 Å². The summed E-state index contributed by atoms with van der Waals surface area (Å²) >= 11 is 0. The molecule has 1 aliphatic heterocycles. The minimum atomic E-state index is 0.611. The van der Waals surface area contributed by atoms with E-state index in [-0.39, 0.29) is 0 Å². The Kier molecular flexibility index (Phi) is 2.17. The fourth-order valence-electron chi connectivity index (χ4n) is 1.97. The van der Waals surface area contributed by atoms with E-state index in [2.05, 4.69) is 35.1 Å². The van der Waals surface area contributed by atoms with Gasteiger partial charge in [-0.25, -0.2) is 0 Å². The van der Waals surface area contributed by atoms with Crippen LogP contribution in [0, 0.1) is 0 Å². The highest BCUT2D eigenvalue weighted by atomic mass is 15.0. The van der Waals surface area contributed by atoms with Gasteiger partial charge in [-0.2, -0.15) is 0 Å². The van der Waals surface area contributed by atoms with Crippen LogP contribution in [0.5, 0.6) is 0 Å². The number of nitrogens with zero attached hydrogens (tertiary/aromatic N) is 1. The smallest absolute Gasteiger partial charge is 0.0475 e. The molecule has 0 radical (unpaired) electrons. The zero-order chi connectivity index (χ0) is 8.39. The Labute approximate surface area is 73.6 Å². The first-order chi connectivity index (χ1) is 5.92. The first-order valence-electron chi connectivity index (χ1n) is 4.80. The third-order valence-corrected chi connectivity index (χ3v) is 2.62. The molecular formula is C10H16N2. The van der Waals surface area contributed by atoms with Gasteiger partial charge in [0.1, 0.15) is 0 Å². The molecule has 1 fully saturated rings. The summed E-state index contributed by atoms with van der Waals surface area (Å²) < 4.78 is 2.32. The maximum atomic E-state index is 3.51. The predicted molar refractivity (Wildman–Crippen MR) is 50.1 cm³/mol. The van der Waals surface area contributed by atoms with E-state index in [9.17, 15) is 0 Å². The lowest BCUT2D eigenvalue weighted by molar-refractivity contribution is 0.577. The first kappa shape index (κ1) is 7.87. The van der Waals surface area contributed by atoms with Crippen LogP contribution in [0.2, 0.25) is 0 Å². The highest BCUT2D eigenvalue weighted by molar-refractivity contribution is 5.13. The summed E-state index contributed by atoms with van der Waals surface area (Å²) in [5.74, 6) is 0. The Hall–Kier alpha value is -0.760. The van der Waals surface area contributed by atoms with Crippen LogP contribution in [0.15, 0.2) is 18.3 Å². The molecule has 2 nitrogen and oxygen atoms in total. The minimum absolute atomic E-state index is 0.611. The third-order valence-electron chi connectivity index (χ3n) is 2.62. The van der Waals surface area contributed by atoms with Gasteiger partial charge in [0.05, 0.1) is 0 Å². The lowest BCUT2D eigenvalue weighted by Crippen LogP contribution is -2.16. The van der Waals surface area contributed by atoms with Gasteiger partial charge >= 0.3 is 0 Å². The van der Waals surface area contributed by atoms with Gasteiger partial charge in [0.15, 0.2) is 0 Å². The molecule has 1 saturated heterocycles. The third kappa shape index (κ3) is 1.27. The second-order valence-corrected chi connectivity index (χ2v) is 3.37. The van der Waals surface area contributed by atoms with Crippen molar-refractivity contribution in [3.63, 3.8) is 0 Å². The highest BCUT2D eigenvalue weighted by Gasteiger charge is 2.17. The normalized spacial score (nSPS) is 23.2. The Balaban J connectivity index is 2.19. The maximum Gasteiger partial charge on any atom is 0.0475 e. The second-order valence-electron chi connectivity index (χ2n) is 3.37. The Morgan fingerprint density at radius 3 is 3.25 bits per heavy atom. The molecule has 0 unspecified atom stereocenters. The van der Waals surface area contributed by atoms with Gasteiger partial charge in [-0.05, 0) is 38.4 Å². The Morgan fingerprint density at radius 2 is 2.58 bits per heavy atom. The average molecular weight is 164 g/mol. The van der Waals surface area contributed by atoms with Gasteiger partial charge < -0.3 is 9.88 Å². The molecular weight excluding hydrogens is 148 g/mol. The van der Waals surface area contributed by atoms with Gasteiger partial charge in [0.25, 0.3) is 0 Å². The first-order valence-corrected chi connectivity index (χ1v) is 4.80. The molecule has 1 aromatic rings. The number of nitrogens with one attached hydrogen (secondary N) is 1. The van der Waals surface area contributed by atoms with Gasteiger partial charge in [-0.1, -0.05) is 0 Å². The number of aromatic nitrogens is 1. The van der Waals surface area contributed by atoms with Crippen LogP contribution in [0.1, 0.15) is 31.5 Å². The molecule has 0 aliphatic carbocycles. The number of rotatable bonds is 2. The molecule has 1 aliphatic rings. The van der Waals surface area contributed by atoms with Crippen molar-refractivity contribution in [2.24, 2.45) is 0 Å². The van der Waals surface area contributed by atoms with Gasteiger partial charge in [-0.15, -0.1) is 0 Å². The van der Waals surface area contributed by atoms with E-state index in [1.165, 1.54) is 25.1 Å². The van der Waals surface area contributed by atoms with E-state index in [0.29, 0.717) is 6.04 Å². The molecule has 1 N–H and O–H groups in total. The van der Waals surface area contributed by atoms with Crippen molar-refractivity contribution in [1.29, 1.82) is 0 Å². The minimum Gasteiger partial charge on any atom is -0.350 e. The fourth-order valence-corrected chi connectivity index (χ4v) is 1.97. The number of hydrogen-bond donors (Lipinski definition) is 1. The van der Waals surface area contributed by atoms with Crippen LogP contribution in [0.4, 0.5) is 0 Å². The van der Waals surface area contributed by atoms with Crippen molar-refractivity contribution >= 4 is 0 Å². The van der Waals surface area contributed by atoms with Gasteiger partial charge in [0, 0.05) is 24.5 Å². The summed E-state index contributed by atoms with van der Waals surface area (Å²) in [6, 6.07) is 4.98. The van der Waals surface area contributed by atoms with E-state index in [4.69, 9.17) is 0 Å². The molecule has 66 valence electrons. The van der Waals surface area contributed by atoms with Crippen LogP contribution in [0.25, 0.3) is 0 Å². The van der Waals surface area contributed by atoms with Crippen molar-refractivity contribution in [3.8, 4) is 0 Å². The zero-order valence-corrected chi connectivity index (χ0v) is 7.59. The van der Waals surface area contributed by atoms with Crippen molar-refractivity contribution in [2.45, 2.75) is 32.4 Å². The van der Waals surface area contributed by atoms with Crippen molar-refractivity contribution in [1.82, 2.24) is 9.88 Å². The van der Waals surface area contributed by atoms with Crippen LogP contribution < -0.4 is 5.32 Å². The molecule has 0 aromatic carbocycles. The standard InChI is InChI=1S/C10H16N2/c1-2-12-8-4-6-10(12)9-5-3-7-11-9/h4,6,8-9,11H,2-3,5,7H2,1H3/t9-/m1/s1. The van der Waals surface area contributed by atoms with Crippen LogP contribution in [-0.2, 0) is 6.54 Å². The zero-order valence-electron chi connectivity index (χ0n) is 7.59. The molecule has 2 heteroatoms. The molecule has 0 bridgehead atoms. The number of aryl methyl sites for hydroxylation is 1. The summed E-state index contributed by atoms with van der Waals surface area (Å²) in [6.45, 7) is 4.46. The molecule has 2 rings (SSSR count).